The first-order valence-electron chi connectivity index (χ1n) is 17.5. The van der Waals surface area contributed by atoms with Gasteiger partial charge in [0.2, 0.25) is 41.4 Å². The van der Waals surface area contributed by atoms with Gasteiger partial charge in [-0.1, -0.05) is 46.2 Å². The van der Waals surface area contributed by atoms with E-state index in [4.69, 9.17) is 11.5 Å². The highest BCUT2D eigenvalue weighted by Gasteiger charge is 2.35. The number of phenolic OH excluding ortho intramolecular Hbond substituents is 1. The van der Waals surface area contributed by atoms with Crippen LogP contribution in [0.3, 0.4) is 0 Å². The van der Waals surface area contributed by atoms with Gasteiger partial charge in [0.05, 0.1) is 25.9 Å². The molecule has 21 heteroatoms. The van der Waals surface area contributed by atoms with Crippen molar-refractivity contribution >= 4 is 47.3 Å². The summed E-state index contributed by atoms with van der Waals surface area (Å²) >= 11 is 0. The van der Waals surface area contributed by atoms with E-state index < -0.39 is 134 Å². The van der Waals surface area contributed by atoms with Gasteiger partial charge in [0.25, 0.3) is 0 Å². The molecular weight excluding hydrogens is 728 g/mol. The van der Waals surface area contributed by atoms with E-state index in [1.54, 1.807) is 39.8 Å². The van der Waals surface area contributed by atoms with Crippen LogP contribution in [0.4, 0.5) is 0 Å². The molecular formula is C34H54N8O13. The molecule has 0 aliphatic heterocycles. The van der Waals surface area contributed by atoms with Gasteiger partial charge in [0, 0.05) is 6.42 Å². The molecule has 308 valence electrons. The summed E-state index contributed by atoms with van der Waals surface area (Å²) in [6.07, 6.45) is -0.506. The normalized spacial score (nSPS) is 15.4. The number of nitrogens with two attached hydrogens (primary N) is 2. The standard InChI is InChI=1S/C34H54N8O13/c1-5-17(4)27(33(53)40-24(15-45)34(54)55)42-31(51)23(14-44)38-29(49)21(10-11-25(36)47)37-30(50)22(13-43)39-32(52)26(16(2)3)41-28(48)20(35)12-18-6-8-19(46)9-7-18/h6-9,16-17,20-24,26-27,43-46H,5,10-15,35H2,1-4H3,(H2,36,47)(H,37,50)(H,38,49)(H,39,52)(H,40,53)(H,41,48)(H,42,51)(H,54,55)/t17-,20-,21-,22-,23-,24-,26-,27-/m0/s1. The van der Waals surface area contributed by atoms with Crippen LogP contribution in [0.1, 0.15) is 52.5 Å². The third-order valence-corrected chi connectivity index (χ3v) is 8.51. The quantitative estimate of drug-likeness (QED) is 0.0468. The average Bonchev–Trinajstić information content (AvgIpc) is 3.13. The molecule has 0 spiro atoms. The van der Waals surface area contributed by atoms with Crippen LogP contribution in [-0.4, -0.2) is 135 Å². The molecule has 1 aromatic carbocycles. The van der Waals surface area contributed by atoms with Crippen molar-refractivity contribution in [1.29, 1.82) is 0 Å². The molecule has 0 aliphatic rings. The van der Waals surface area contributed by atoms with Crippen LogP contribution in [0.5, 0.6) is 5.75 Å². The molecule has 0 aromatic heterocycles. The second-order valence-electron chi connectivity index (χ2n) is 13.2. The summed E-state index contributed by atoms with van der Waals surface area (Å²) < 4.78 is 0. The number of carbonyl (C=O) groups is 8. The maximum absolute atomic E-state index is 13.3. The van der Waals surface area contributed by atoms with Crippen molar-refractivity contribution < 1.29 is 63.9 Å². The fourth-order valence-corrected chi connectivity index (χ4v) is 4.93. The van der Waals surface area contributed by atoms with E-state index in [9.17, 15) is 63.9 Å². The Bertz CT molecular complexity index is 1490. The highest BCUT2D eigenvalue weighted by Crippen LogP contribution is 2.12. The third kappa shape index (κ3) is 15.9. The van der Waals surface area contributed by atoms with Crippen molar-refractivity contribution in [2.75, 3.05) is 19.8 Å². The van der Waals surface area contributed by atoms with E-state index in [0.717, 1.165) is 0 Å². The Morgan fingerprint density at radius 1 is 0.636 bits per heavy atom. The molecule has 0 radical (unpaired) electrons. The summed E-state index contributed by atoms with van der Waals surface area (Å²) in [5.74, 6) is -9.40. The van der Waals surface area contributed by atoms with Crippen LogP contribution in [0.25, 0.3) is 0 Å². The number of hydrogen-bond acceptors (Lipinski definition) is 13. The summed E-state index contributed by atoms with van der Waals surface area (Å²) in [7, 11) is 0. The van der Waals surface area contributed by atoms with Crippen molar-refractivity contribution in [2.45, 2.75) is 95.7 Å². The van der Waals surface area contributed by atoms with E-state index in [1.807, 2.05) is 0 Å². The molecule has 0 saturated heterocycles. The van der Waals surface area contributed by atoms with Crippen molar-refractivity contribution in [1.82, 2.24) is 31.9 Å². The van der Waals surface area contributed by atoms with Gasteiger partial charge in [0.15, 0.2) is 0 Å². The number of aliphatic hydroxyl groups excluding tert-OH is 3. The number of carboxylic acids is 1. The first kappa shape index (κ1) is 47.6. The second-order valence-corrected chi connectivity index (χ2v) is 13.2. The number of aliphatic carboxylic acids is 1. The van der Waals surface area contributed by atoms with Crippen molar-refractivity contribution in [2.24, 2.45) is 23.3 Å². The van der Waals surface area contributed by atoms with Gasteiger partial charge in [-0.05, 0) is 42.4 Å². The number of hydrogen-bond donors (Lipinski definition) is 13. The summed E-state index contributed by atoms with van der Waals surface area (Å²) in [5.41, 5.74) is 11.9. The first-order chi connectivity index (χ1) is 25.8. The van der Waals surface area contributed by atoms with Gasteiger partial charge in [-0.15, -0.1) is 0 Å². The van der Waals surface area contributed by atoms with Crippen molar-refractivity contribution in [3.05, 3.63) is 29.8 Å². The first-order valence-corrected chi connectivity index (χ1v) is 17.5. The molecule has 15 N–H and O–H groups in total. The molecule has 7 amide bonds. The van der Waals surface area contributed by atoms with Crippen LogP contribution in [0.2, 0.25) is 0 Å². The second kappa shape index (κ2) is 23.4. The molecule has 55 heavy (non-hydrogen) atoms. The predicted octanol–water partition coefficient (Wildman–Crippen LogP) is -4.80. The summed E-state index contributed by atoms with van der Waals surface area (Å²) in [4.78, 5) is 102. The maximum Gasteiger partial charge on any atom is 0.328 e. The van der Waals surface area contributed by atoms with Crippen molar-refractivity contribution in [3.8, 4) is 5.75 Å². The number of nitrogens with one attached hydrogen (secondary N) is 6. The van der Waals surface area contributed by atoms with Gasteiger partial charge in [-0.2, -0.15) is 0 Å². The highest BCUT2D eigenvalue weighted by molar-refractivity contribution is 5.97. The predicted molar refractivity (Wildman–Crippen MR) is 193 cm³/mol. The number of rotatable bonds is 24. The molecule has 8 atom stereocenters. The Morgan fingerprint density at radius 2 is 1.07 bits per heavy atom. The highest BCUT2D eigenvalue weighted by atomic mass is 16.4. The lowest BCUT2D eigenvalue weighted by atomic mass is 9.97. The van der Waals surface area contributed by atoms with Gasteiger partial charge >= 0.3 is 5.97 Å². The van der Waals surface area contributed by atoms with E-state index in [2.05, 4.69) is 31.9 Å². The Hall–Kier alpha value is -5.38. The molecule has 1 aromatic rings. The van der Waals surface area contributed by atoms with E-state index >= 15 is 0 Å². The molecule has 21 nitrogen and oxygen atoms in total. The van der Waals surface area contributed by atoms with E-state index in [0.29, 0.717) is 12.0 Å². The number of aliphatic hydroxyl groups is 3. The largest absolute Gasteiger partial charge is 0.508 e. The summed E-state index contributed by atoms with van der Waals surface area (Å²) in [6, 6.07) is -4.46. The Kier molecular flexibility index (Phi) is 20.3. The fraction of sp³-hybridized carbons (Fsp3) is 0.588. The van der Waals surface area contributed by atoms with Crippen LogP contribution in [-0.2, 0) is 44.8 Å². The minimum absolute atomic E-state index is 0.0197. The monoisotopic (exact) mass is 782 g/mol. The van der Waals surface area contributed by atoms with Crippen LogP contribution < -0.4 is 43.4 Å². The zero-order valence-electron chi connectivity index (χ0n) is 31.1. The molecule has 1 rings (SSSR count). The number of carboxylic acid groups (broad SMARTS) is 1. The smallest absolute Gasteiger partial charge is 0.328 e. The molecule has 0 heterocycles. The lowest BCUT2D eigenvalue weighted by molar-refractivity contribution is -0.143. The number of aromatic hydroxyl groups is 1. The van der Waals surface area contributed by atoms with Crippen molar-refractivity contribution in [3.63, 3.8) is 0 Å². The Labute approximate surface area is 317 Å². The lowest BCUT2D eigenvalue weighted by Crippen LogP contribution is -2.61. The van der Waals surface area contributed by atoms with Crippen LogP contribution in [0, 0.1) is 11.8 Å². The number of primary amides is 1. The number of amides is 7. The Morgan fingerprint density at radius 3 is 1.55 bits per heavy atom. The van der Waals surface area contributed by atoms with Gasteiger partial charge in [-0.3, -0.25) is 33.6 Å². The average molecular weight is 783 g/mol. The molecule has 0 aliphatic carbocycles. The molecule has 0 unspecified atom stereocenters. The zero-order valence-corrected chi connectivity index (χ0v) is 31.1. The number of benzene rings is 1. The maximum atomic E-state index is 13.3. The minimum atomic E-state index is -1.74. The topological polar surface area (TPSA) is 362 Å². The molecule has 0 fully saturated rings. The summed E-state index contributed by atoms with van der Waals surface area (Å²) in [5, 5.41) is 61.6. The molecule has 0 saturated carbocycles. The third-order valence-electron chi connectivity index (χ3n) is 8.51. The van der Waals surface area contributed by atoms with E-state index in [1.165, 1.54) is 12.1 Å². The molecule has 0 bridgehead atoms. The van der Waals surface area contributed by atoms with Gasteiger partial charge < -0.3 is 68.9 Å². The fourth-order valence-electron chi connectivity index (χ4n) is 4.93. The van der Waals surface area contributed by atoms with Gasteiger partial charge in [0.1, 0.15) is 42.0 Å². The lowest BCUT2D eigenvalue weighted by Gasteiger charge is -2.28. The van der Waals surface area contributed by atoms with Crippen LogP contribution >= 0.6 is 0 Å². The Balaban J connectivity index is 3.10. The van der Waals surface area contributed by atoms with E-state index in [-0.39, 0.29) is 12.2 Å². The zero-order chi connectivity index (χ0) is 42.0. The number of carbonyl (C=O) groups excluding carboxylic acids is 7. The van der Waals surface area contributed by atoms with Crippen LogP contribution in [0.15, 0.2) is 24.3 Å². The van der Waals surface area contributed by atoms with Gasteiger partial charge in [-0.25, -0.2) is 4.79 Å². The number of phenols is 1. The minimum Gasteiger partial charge on any atom is -0.508 e. The SMILES string of the molecule is CC[C@H](C)[C@H](NC(=O)[C@H](CO)NC(=O)[C@H](CCC(N)=O)NC(=O)[C@H](CO)NC(=O)[C@@H](NC(=O)[C@@H](N)Cc1ccc(O)cc1)C(C)C)C(=O)N[C@@H](CO)C(=O)O. The summed E-state index contributed by atoms with van der Waals surface area (Å²) in [6.45, 7) is 3.48.